The van der Waals surface area contributed by atoms with Crippen molar-refractivity contribution in [1.29, 1.82) is 0 Å². The van der Waals surface area contributed by atoms with Crippen molar-refractivity contribution in [3.05, 3.63) is 40.5 Å². The second-order valence-corrected chi connectivity index (χ2v) is 3.68. The number of aliphatic hydroxyl groups excluding tert-OH is 1. The molecule has 0 amide bonds. The maximum absolute atomic E-state index is 9.19. The molecule has 0 saturated carbocycles. The quantitative estimate of drug-likeness (QED) is 0.852. The first kappa shape index (κ1) is 10.2. The van der Waals surface area contributed by atoms with Crippen molar-refractivity contribution >= 4 is 11.6 Å². The number of hydrogen-bond donors (Lipinski definition) is 1. The zero-order chi connectivity index (χ0) is 10.8. The molecule has 1 aromatic carbocycles. The lowest BCUT2D eigenvalue weighted by molar-refractivity contribution is 0.281. The summed E-state index contributed by atoms with van der Waals surface area (Å²) < 4.78 is 5.16. The Morgan fingerprint density at radius 2 is 2.27 bits per heavy atom. The van der Waals surface area contributed by atoms with Gasteiger partial charge in [0.05, 0.1) is 12.3 Å². The number of nitrogens with zero attached hydrogens (tertiary/aromatic N) is 1. The molecule has 78 valence electrons. The van der Waals surface area contributed by atoms with Crippen LogP contribution in [-0.4, -0.2) is 10.3 Å². The van der Waals surface area contributed by atoms with E-state index in [1.165, 1.54) is 0 Å². The smallest absolute Gasteiger partial charge is 0.172 e. The van der Waals surface area contributed by atoms with Crippen molar-refractivity contribution in [2.45, 2.75) is 13.5 Å². The van der Waals surface area contributed by atoms with Crippen LogP contribution in [0.3, 0.4) is 0 Å². The Morgan fingerprint density at radius 1 is 1.47 bits per heavy atom. The summed E-state index contributed by atoms with van der Waals surface area (Å²) in [7, 11) is 0. The Morgan fingerprint density at radius 3 is 2.93 bits per heavy atom. The predicted molar refractivity (Wildman–Crippen MR) is 57.6 cm³/mol. The summed E-state index contributed by atoms with van der Waals surface area (Å²) in [5, 5.41) is 13.6. The summed E-state index contributed by atoms with van der Waals surface area (Å²) in [6.45, 7) is 1.71. The molecule has 2 aromatic rings. The Labute approximate surface area is 92.3 Å². The molecule has 0 fully saturated rings. The van der Waals surface area contributed by atoms with E-state index < -0.39 is 0 Å². The Bertz CT molecular complexity index is 479. The fraction of sp³-hybridized carbons (Fsp3) is 0.182. The first-order valence-corrected chi connectivity index (χ1v) is 4.92. The molecule has 4 heteroatoms. The second-order valence-electron chi connectivity index (χ2n) is 3.24. The minimum Gasteiger partial charge on any atom is -0.391 e. The lowest BCUT2D eigenvalue weighted by Gasteiger charge is -1.99. The lowest BCUT2D eigenvalue weighted by atomic mass is 10.1. The van der Waals surface area contributed by atoms with Gasteiger partial charge in [-0.25, -0.2) is 0 Å². The van der Waals surface area contributed by atoms with E-state index in [0.717, 1.165) is 5.56 Å². The van der Waals surface area contributed by atoms with Gasteiger partial charge in [0, 0.05) is 16.1 Å². The molecule has 0 atom stereocenters. The number of benzene rings is 1. The van der Waals surface area contributed by atoms with Crippen molar-refractivity contribution in [3.63, 3.8) is 0 Å². The van der Waals surface area contributed by atoms with E-state index in [0.29, 0.717) is 22.0 Å². The molecule has 1 heterocycles. The highest BCUT2D eigenvalue weighted by atomic mass is 35.5. The third-order valence-electron chi connectivity index (χ3n) is 2.23. The van der Waals surface area contributed by atoms with E-state index in [1.54, 1.807) is 19.1 Å². The van der Waals surface area contributed by atoms with Crippen LogP contribution in [0.15, 0.2) is 28.8 Å². The van der Waals surface area contributed by atoms with Gasteiger partial charge in [-0.15, -0.1) is 0 Å². The average molecular weight is 224 g/mol. The van der Waals surface area contributed by atoms with Crippen LogP contribution in [0.25, 0.3) is 11.3 Å². The van der Waals surface area contributed by atoms with Crippen LogP contribution in [0.5, 0.6) is 0 Å². The Hall–Kier alpha value is -1.32. The van der Waals surface area contributed by atoms with Gasteiger partial charge in [-0.1, -0.05) is 28.9 Å². The third kappa shape index (κ3) is 1.89. The summed E-state index contributed by atoms with van der Waals surface area (Å²) in [5.41, 5.74) is 2.23. The molecule has 1 aromatic heterocycles. The topological polar surface area (TPSA) is 46.3 Å². The normalized spacial score (nSPS) is 10.6. The van der Waals surface area contributed by atoms with Crippen LogP contribution in [0.2, 0.25) is 5.02 Å². The molecule has 3 nitrogen and oxygen atoms in total. The fourth-order valence-corrected chi connectivity index (χ4v) is 1.62. The zero-order valence-corrected chi connectivity index (χ0v) is 8.95. The molecular formula is C11H10ClNO2. The van der Waals surface area contributed by atoms with Crippen molar-refractivity contribution in [2.24, 2.45) is 0 Å². The number of rotatable bonds is 2. The zero-order valence-electron chi connectivity index (χ0n) is 8.20. The van der Waals surface area contributed by atoms with Gasteiger partial charge in [-0.2, -0.15) is 0 Å². The van der Waals surface area contributed by atoms with E-state index >= 15 is 0 Å². The summed E-state index contributed by atoms with van der Waals surface area (Å²) in [6.07, 6.45) is 0. The SMILES string of the molecule is Cc1noc(-c2cccc(Cl)c2)c1CO. The highest BCUT2D eigenvalue weighted by Gasteiger charge is 2.13. The van der Waals surface area contributed by atoms with Gasteiger partial charge >= 0.3 is 0 Å². The molecule has 0 unspecified atom stereocenters. The van der Waals surface area contributed by atoms with Gasteiger partial charge in [0.2, 0.25) is 0 Å². The lowest BCUT2D eigenvalue weighted by Crippen LogP contribution is -1.87. The summed E-state index contributed by atoms with van der Waals surface area (Å²) >= 11 is 5.87. The van der Waals surface area contributed by atoms with Gasteiger partial charge in [-0.05, 0) is 19.1 Å². The highest BCUT2D eigenvalue weighted by Crippen LogP contribution is 2.27. The monoisotopic (exact) mass is 223 g/mol. The standard InChI is InChI=1S/C11H10ClNO2/c1-7-10(6-14)11(15-13-7)8-3-2-4-9(12)5-8/h2-5,14H,6H2,1H3. The minimum atomic E-state index is -0.0861. The van der Waals surface area contributed by atoms with Crippen LogP contribution >= 0.6 is 11.6 Å². The third-order valence-corrected chi connectivity index (χ3v) is 2.46. The van der Waals surface area contributed by atoms with Gasteiger partial charge in [0.25, 0.3) is 0 Å². The van der Waals surface area contributed by atoms with Crippen LogP contribution in [0, 0.1) is 6.92 Å². The summed E-state index contributed by atoms with van der Waals surface area (Å²) in [6, 6.07) is 7.26. The van der Waals surface area contributed by atoms with Gasteiger partial charge in [0.1, 0.15) is 0 Å². The van der Waals surface area contributed by atoms with E-state index in [2.05, 4.69) is 5.16 Å². The number of halogens is 1. The van der Waals surface area contributed by atoms with Crippen LogP contribution in [0.4, 0.5) is 0 Å². The molecule has 0 aliphatic heterocycles. The van der Waals surface area contributed by atoms with Crippen molar-refractivity contribution in [1.82, 2.24) is 5.16 Å². The van der Waals surface area contributed by atoms with E-state index in [1.807, 2.05) is 12.1 Å². The number of aliphatic hydroxyl groups is 1. The van der Waals surface area contributed by atoms with Crippen molar-refractivity contribution in [3.8, 4) is 11.3 Å². The van der Waals surface area contributed by atoms with Gasteiger partial charge < -0.3 is 9.63 Å². The van der Waals surface area contributed by atoms with Crippen molar-refractivity contribution < 1.29 is 9.63 Å². The van der Waals surface area contributed by atoms with E-state index in [9.17, 15) is 5.11 Å². The molecule has 0 spiro atoms. The second kappa shape index (κ2) is 4.04. The number of hydrogen-bond acceptors (Lipinski definition) is 3. The molecular weight excluding hydrogens is 214 g/mol. The molecule has 0 aliphatic carbocycles. The van der Waals surface area contributed by atoms with Gasteiger partial charge in [-0.3, -0.25) is 0 Å². The minimum absolute atomic E-state index is 0.0861. The molecule has 0 radical (unpaired) electrons. The Kier molecular flexibility index (Phi) is 2.75. The summed E-state index contributed by atoms with van der Waals surface area (Å²) in [4.78, 5) is 0. The van der Waals surface area contributed by atoms with E-state index in [4.69, 9.17) is 16.1 Å². The highest BCUT2D eigenvalue weighted by molar-refractivity contribution is 6.30. The molecule has 0 bridgehead atoms. The molecule has 0 aliphatic rings. The first-order valence-electron chi connectivity index (χ1n) is 4.54. The maximum Gasteiger partial charge on any atom is 0.172 e. The molecule has 1 N–H and O–H groups in total. The molecule has 15 heavy (non-hydrogen) atoms. The molecule has 0 saturated heterocycles. The Balaban J connectivity index is 2.54. The molecule has 2 rings (SSSR count). The maximum atomic E-state index is 9.19. The van der Waals surface area contributed by atoms with Crippen molar-refractivity contribution in [2.75, 3.05) is 0 Å². The van der Waals surface area contributed by atoms with Crippen LogP contribution in [0.1, 0.15) is 11.3 Å². The first-order chi connectivity index (χ1) is 7.22. The number of aryl methyl sites for hydroxylation is 1. The van der Waals surface area contributed by atoms with Gasteiger partial charge in [0.15, 0.2) is 5.76 Å². The largest absolute Gasteiger partial charge is 0.391 e. The number of aromatic nitrogens is 1. The summed E-state index contributed by atoms with van der Waals surface area (Å²) in [5.74, 6) is 0.581. The average Bonchev–Trinajstić information content (AvgIpc) is 2.59. The van der Waals surface area contributed by atoms with Crippen LogP contribution in [-0.2, 0) is 6.61 Å². The predicted octanol–water partition coefficient (Wildman–Crippen LogP) is 2.80. The van der Waals surface area contributed by atoms with Crippen LogP contribution < -0.4 is 0 Å². The fourth-order valence-electron chi connectivity index (χ4n) is 1.43. The van der Waals surface area contributed by atoms with E-state index in [-0.39, 0.29) is 6.61 Å².